The van der Waals surface area contributed by atoms with E-state index in [1.54, 1.807) is 26.0 Å². The predicted octanol–water partition coefficient (Wildman–Crippen LogP) is 4.11. The number of carbonyl (C=O) groups excluding carboxylic acids is 2. The molecule has 2 fully saturated rings. The van der Waals surface area contributed by atoms with Crippen LogP contribution in [-0.2, 0) is 16.0 Å². The van der Waals surface area contributed by atoms with Crippen LogP contribution in [0.15, 0.2) is 47.4 Å². The van der Waals surface area contributed by atoms with E-state index in [9.17, 15) is 9.59 Å². The highest BCUT2D eigenvalue weighted by atomic mass is 32.2. The Kier molecular flexibility index (Phi) is 7.83. The molecule has 3 unspecified atom stereocenters. The highest BCUT2D eigenvalue weighted by Gasteiger charge is 2.39. The smallest absolute Gasteiger partial charge is 0.257 e. The summed E-state index contributed by atoms with van der Waals surface area (Å²) < 4.78 is 10.7. The van der Waals surface area contributed by atoms with E-state index in [-0.39, 0.29) is 23.8 Å². The summed E-state index contributed by atoms with van der Waals surface area (Å²) in [5.41, 5.74) is 3.22. The van der Waals surface area contributed by atoms with Gasteiger partial charge >= 0.3 is 0 Å². The van der Waals surface area contributed by atoms with Crippen LogP contribution < -0.4 is 20.1 Å². The Labute approximate surface area is 205 Å². The van der Waals surface area contributed by atoms with Gasteiger partial charge in [0.15, 0.2) is 0 Å². The van der Waals surface area contributed by atoms with Gasteiger partial charge in [0.2, 0.25) is 5.91 Å². The van der Waals surface area contributed by atoms with Crippen LogP contribution in [0.25, 0.3) is 6.08 Å². The molecule has 0 radical (unpaired) electrons. The standard InChI is InChI=1S/C27H32N2O4S/c1-17-4-6-18(7-5-17)14-25-27(31)29-22-16-20(8-11-24(22)34-25)26(30)28-13-12-19-15-21(32-2)9-10-23(19)33-3/h4-7,9-10,14-15,20,22,24H,8,11-13,16H2,1-3H3,(H,28,30)(H,29,31)/b25-14+. The molecule has 1 heterocycles. The molecule has 2 aromatic carbocycles. The van der Waals surface area contributed by atoms with Crippen molar-refractivity contribution in [1.29, 1.82) is 0 Å². The van der Waals surface area contributed by atoms with Crippen molar-refractivity contribution in [1.82, 2.24) is 10.6 Å². The van der Waals surface area contributed by atoms with Gasteiger partial charge in [-0.2, -0.15) is 0 Å². The van der Waals surface area contributed by atoms with Crippen LogP contribution in [0.2, 0.25) is 0 Å². The number of ether oxygens (including phenoxy) is 2. The van der Waals surface area contributed by atoms with Crippen LogP contribution in [-0.4, -0.2) is 43.9 Å². The summed E-state index contributed by atoms with van der Waals surface area (Å²) in [5, 5.41) is 6.54. The molecule has 7 heteroatoms. The molecule has 180 valence electrons. The summed E-state index contributed by atoms with van der Waals surface area (Å²) in [4.78, 5) is 26.3. The predicted molar refractivity (Wildman–Crippen MR) is 136 cm³/mol. The summed E-state index contributed by atoms with van der Waals surface area (Å²) in [6.45, 7) is 2.57. The fraction of sp³-hybridized carbons (Fsp3) is 0.407. The number of hydrogen-bond donors (Lipinski definition) is 2. The third-order valence-corrected chi connectivity index (χ3v) is 7.96. The van der Waals surface area contributed by atoms with Gasteiger partial charge in [-0.1, -0.05) is 29.8 Å². The van der Waals surface area contributed by atoms with Crippen LogP contribution in [0.3, 0.4) is 0 Å². The van der Waals surface area contributed by atoms with Gasteiger partial charge in [0.1, 0.15) is 11.5 Å². The van der Waals surface area contributed by atoms with Crippen molar-refractivity contribution in [3.05, 3.63) is 64.1 Å². The molecule has 4 rings (SSSR count). The van der Waals surface area contributed by atoms with Crippen molar-refractivity contribution in [2.75, 3.05) is 20.8 Å². The summed E-state index contributed by atoms with van der Waals surface area (Å²) in [6, 6.07) is 13.9. The number of amides is 2. The first-order valence-electron chi connectivity index (χ1n) is 11.7. The van der Waals surface area contributed by atoms with Gasteiger partial charge in [0.05, 0.1) is 19.1 Å². The Morgan fingerprint density at radius 3 is 2.68 bits per heavy atom. The molecule has 1 saturated carbocycles. The summed E-state index contributed by atoms with van der Waals surface area (Å²) in [6.07, 6.45) is 5.03. The summed E-state index contributed by atoms with van der Waals surface area (Å²) >= 11 is 1.65. The van der Waals surface area contributed by atoms with Crippen LogP contribution in [0.5, 0.6) is 11.5 Å². The number of aryl methyl sites for hydroxylation is 1. The monoisotopic (exact) mass is 480 g/mol. The van der Waals surface area contributed by atoms with Crippen molar-refractivity contribution < 1.29 is 19.1 Å². The zero-order valence-corrected chi connectivity index (χ0v) is 20.7. The minimum Gasteiger partial charge on any atom is -0.497 e. The Hall–Kier alpha value is -2.93. The van der Waals surface area contributed by atoms with Gasteiger partial charge in [-0.25, -0.2) is 0 Å². The van der Waals surface area contributed by atoms with E-state index < -0.39 is 0 Å². The van der Waals surface area contributed by atoms with Crippen molar-refractivity contribution in [2.24, 2.45) is 5.92 Å². The zero-order valence-electron chi connectivity index (χ0n) is 19.9. The van der Waals surface area contributed by atoms with Crippen LogP contribution in [0.4, 0.5) is 0 Å². The topological polar surface area (TPSA) is 76.7 Å². The molecule has 2 N–H and O–H groups in total. The average molecular weight is 481 g/mol. The maximum atomic E-state index is 12.9. The number of carbonyl (C=O) groups is 2. The third kappa shape index (κ3) is 5.76. The van der Waals surface area contributed by atoms with E-state index in [1.807, 2.05) is 43.3 Å². The number of rotatable bonds is 7. The molecule has 0 bridgehead atoms. The SMILES string of the molecule is COc1ccc(OC)c(CCNC(=O)C2CCC3S/C(=C/c4ccc(C)cc4)C(=O)NC3C2)c1. The highest BCUT2D eigenvalue weighted by Crippen LogP contribution is 2.40. The van der Waals surface area contributed by atoms with Gasteiger partial charge in [-0.15, -0.1) is 11.8 Å². The minimum absolute atomic E-state index is 0.0237. The second-order valence-corrected chi connectivity index (χ2v) is 10.2. The van der Waals surface area contributed by atoms with Crippen molar-refractivity contribution in [2.45, 2.75) is 43.9 Å². The lowest BCUT2D eigenvalue weighted by molar-refractivity contribution is -0.127. The third-order valence-electron chi connectivity index (χ3n) is 6.53. The largest absolute Gasteiger partial charge is 0.497 e. The molecule has 2 aromatic rings. The number of fused-ring (bicyclic) bond motifs is 1. The highest BCUT2D eigenvalue weighted by molar-refractivity contribution is 8.04. The number of thioether (sulfide) groups is 1. The lowest BCUT2D eigenvalue weighted by atomic mass is 9.84. The molecule has 0 spiro atoms. The molecular weight excluding hydrogens is 448 g/mol. The number of benzene rings is 2. The van der Waals surface area contributed by atoms with Gasteiger partial charge in [0, 0.05) is 23.8 Å². The first kappa shape index (κ1) is 24.2. The quantitative estimate of drug-likeness (QED) is 0.583. The second kappa shape index (κ2) is 11.0. The molecule has 2 aliphatic rings. The molecule has 1 aliphatic heterocycles. The first-order valence-corrected chi connectivity index (χ1v) is 12.6. The average Bonchev–Trinajstić information content (AvgIpc) is 2.85. The van der Waals surface area contributed by atoms with Crippen LogP contribution in [0, 0.1) is 12.8 Å². The molecular formula is C27H32N2O4S. The van der Waals surface area contributed by atoms with E-state index in [0.717, 1.165) is 40.4 Å². The maximum absolute atomic E-state index is 12.9. The Balaban J connectivity index is 1.30. The molecule has 0 aromatic heterocycles. The fourth-order valence-electron chi connectivity index (χ4n) is 4.59. The fourth-order valence-corrected chi connectivity index (χ4v) is 5.88. The van der Waals surface area contributed by atoms with Gasteiger partial charge < -0.3 is 20.1 Å². The molecule has 6 nitrogen and oxygen atoms in total. The summed E-state index contributed by atoms with van der Waals surface area (Å²) in [7, 11) is 3.27. The number of methoxy groups -OCH3 is 2. The van der Waals surface area contributed by atoms with Crippen LogP contribution in [0.1, 0.15) is 36.0 Å². The van der Waals surface area contributed by atoms with Gasteiger partial charge in [-0.3, -0.25) is 9.59 Å². The lowest BCUT2D eigenvalue weighted by Gasteiger charge is -2.39. The second-order valence-electron chi connectivity index (χ2n) is 8.88. The Morgan fingerprint density at radius 2 is 1.94 bits per heavy atom. The molecule has 34 heavy (non-hydrogen) atoms. The van der Waals surface area contributed by atoms with E-state index >= 15 is 0 Å². The van der Waals surface area contributed by atoms with Crippen molar-refractivity contribution in [3.8, 4) is 11.5 Å². The van der Waals surface area contributed by atoms with E-state index in [4.69, 9.17) is 9.47 Å². The lowest BCUT2D eigenvalue weighted by Crippen LogP contribution is -2.51. The first-order chi connectivity index (χ1) is 16.5. The van der Waals surface area contributed by atoms with Crippen molar-refractivity contribution in [3.63, 3.8) is 0 Å². The zero-order chi connectivity index (χ0) is 24.1. The molecule has 2 amide bonds. The minimum atomic E-state index is -0.0861. The number of hydrogen-bond acceptors (Lipinski definition) is 5. The maximum Gasteiger partial charge on any atom is 0.257 e. The molecule has 1 saturated heterocycles. The Morgan fingerprint density at radius 1 is 1.15 bits per heavy atom. The van der Waals surface area contributed by atoms with Gasteiger partial charge in [0.25, 0.3) is 5.91 Å². The van der Waals surface area contributed by atoms with Crippen LogP contribution >= 0.6 is 11.8 Å². The van der Waals surface area contributed by atoms with Gasteiger partial charge in [-0.05, 0) is 68.0 Å². The van der Waals surface area contributed by atoms with E-state index in [1.165, 1.54) is 5.56 Å². The van der Waals surface area contributed by atoms with E-state index in [0.29, 0.717) is 24.6 Å². The molecule has 3 atom stereocenters. The van der Waals surface area contributed by atoms with Crippen molar-refractivity contribution >= 4 is 29.7 Å². The van der Waals surface area contributed by atoms with E-state index in [2.05, 4.69) is 22.8 Å². The number of nitrogens with one attached hydrogen (secondary N) is 2. The summed E-state index contributed by atoms with van der Waals surface area (Å²) in [5.74, 6) is 1.48. The normalized spacial score (nSPS) is 23.1. The Bertz CT molecular complexity index is 1070. The molecule has 1 aliphatic carbocycles.